The Kier molecular flexibility index (Phi) is 17.4. The van der Waals surface area contributed by atoms with Crippen LogP contribution in [0.15, 0.2) is 89.7 Å². The Hall–Kier alpha value is -3.57. The van der Waals surface area contributed by atoms with Gasteiger partial charge in [-0.25, -0.2) is 4.98 Å². The lowest BCUT2D eigenvalue weighted by Crippen LogP contribution is -2.35. The predicted octanol–water partition coefficient (Wildman–Crippen LogP) is 8.62. The van der Waals surface area contributed by atoms with E-state index in [0.29, 0.717) is 43.2 Å². The molecule has 298 valence electrons. The molecule has 2 atom stereocenters. The molecule has 4 aromatic rings. The molecule has 14 heteroatoms. The lowest BCUT2D eigenvalue weighted by atomic mass is 9.96. The highest BCUT2D eigenvalue weighted by molar-refractivity contribution is 14.1. The highest BCUT2D eigenvalue weighted by Crippen LogP contribution is 2.36. The fraction of sp³-hybridized carbons (Fsp3) is 0.415. The van der Waals surface area contributed by atoms with Crippen molar-refractivity contribution in [1.29, 1.82) is 0 Å². The van der Waals surface area contributed by atoms with Gasteiger partial charge in [0.15, 0.2) is 0 Å². The lowest BCUT2D eigenvalue weighted by molar-refractivity contribution is -0.112. The van der Waals surface area contributed by atoms with Crippen LogP contribution in [-0.4, -0.2) is 69.3 Å². The van der Waals surface area contributed by atoms with Gasteiger partial charge in [0.25, 0.3) is 16.0 Å². The maximum Gasteiger partial charge on any atom is 0.261 e. The molecule has 0 saturated heterocycles. The van der Waals surface area contributed by atoms with E-state index in [0.717, 1.165) is 83.2 Å². The van der Waals surface area contributed by atoms with E-state index in [4.69, 9.17) is 14.0 Å². The molecule has 0 bridgehead atoms. The fourth-order valence-corrected chi connectivity index (χ4v) is 7.93. The third-order valence-corrected chi connectivity index (χ3v) is 11.1. The van der Waals surface area contributed by atoms with Gasteiger partial charge < -0.3 is 24.3 Å². The van der Waals surface area contributed by atoms with Gasteiger partial charge >= 0.3 is 0 Å². The van der Waals surface area contributed by atoms with Crippen molar-refractivity contribution < 1.29 is 31.4 Å². The van der Waals surface area contributed by atoms with Crippen molar-refractivity contribution in [2.45, 2.75) is 74.6 Å². The Labute approximate surface area is 342 Å². The van der Waals surface area contributed by atoms with Crippen molar-refractivity contribution in [3.8, 4) is 16.9 Å². The Bertz CT molecular complexity index is 1990. The summed E-state index contributed by atoms with van der Waals surface area (Å²) >= 11 is 2.52. The van der Waals surface area contributed by atoms with Crippen LogP contribution in [0, 0.1) is 5.92 Å². The normalized spacial score (nSPS) is 14.9. The molecular weight excluding hydrogens is 852 g/mol. The smallest absolute Gasteiger partial charge is 0.261 e. The predicted molar refractivity (Wildman–Crippen MR) is 231 cm³/mol. The number of benzene rings is 3. The molecule has 2 unspecified atom stereocenters. The van der Waals surface area contributed by atoms with Gasteiger partial charge in [0.2, 0.25) is 0 Å². The van der Waals surface area contributed by atoms with Gasteiger partial charge in [0, 0.05) is 47.7 Å². The number of halogens is 1. The maximum atomic E-state index is 13.8. The van der Waals surface area contributed by atoms with Gasteiger partial charge in [-0.3, -0.25) is 13.6 Å². The molecule has 0 fully saturated rings. The standard InChI is InChI=1S/C40H49IN4O4S.CH4O3S/c1-5-19-44-28-42-25-35(44)27-50(47)37-15-11-34(12-16-37)43-40(46)32-10-18-39(41)45(26-29(3)4)38-17-9-31(23-33(38)24-32)30-7-13-36(14-8-30)49-22-21-48-20-6-2;1-5(2,3)4/h7-9,11-17,23-25,28-29,39H,5-6,10,18-22,26-27H2,1-4H3,(H,43,46);1H3,(H,2,3,4). The number of nitrogens with zero attached hydrogens (tertiary/aromatic N) is 3. The minimum absolute atomic E-state index is 0.121. The Morgan fingerprint density at radius 1 is 1.02 bits per heavy atom. The van der Waals surface area contributed by atoms with E-state index in [1.54, 1.807) is 12.5 Å². The van der Waals surface area contributed by atoms with Crippen molar-refractivity contribution in [1.82, 2.24) is 9.55 Å². The highest BCUT2D eigenvalue weighted by Gasteiger charge is 2.25. The zero-order chi connectivity index (χ0) is 40.0. The molecule has 11 nitrogen and oxygen atoms in total. The molecule has 5 rings (SSSR count). The second kappa shape index (κ2) is 21.7. The Morgan fingerprint density at radius 3 is 2.36 bits per heavy atom. The summed E-state index contributed by atoms with van der Waals surface area (Å²) in [5.74, 6) is 1.58. The summed E-state index contributed by atoms with van der Waals surface area (Å²) < 4.78 is 52.7. The van der Waals surface area contributed by atoms with E-state index < -0.39 is 20.9 Å². The third-order valence-electron chi connectivity index (χ3n) is 8.46. The minimum atomic E-state index is -3.67. The molecule has 1 aliphatic rings. The molecule has 1 aromatic heterocycles. The molecule has 3 aromatic carbocycles. The summed E-state index contributed by atoms with van der Waals surface area (Å²) in [5, 5.41) is 3.11. The average molecular weight is 905 g/mol. The molecule has 1 amide bonds. The number of carbonyl (C=O) groups excluding carboxylic acids is 1. The zero-order valence-electron chi connectivity index (χ0n) is 32.2. The van der Waals surface area contributed by atoms with E-state index in [-0.39, 0.29) is 9.96 Å². The quantitative estimate of drug-likeness (QED) is 0.0372. The number of aromatic nitrogens is 2. The van der Waals surface area contributed by atoms with Crippen molar-refractivity contribution >= 4 is 66.9 Å². The second-order valence-corrected chi connectivity index (χ2v) is 18.1. The molecule has 0 radical (unpaired) electrons. The minimum Gasteiger partial charge on any atom is -0.491 e. The first kappa shape index (κ1) is 44.1. The van der Waals surface area contributed by atoms with Gasteiger partial charge in [0.05, 0.1) is 45.5 Å². The summed E-state index contributed by atoms with van der Waals surface area (Å²) in [5.41, 5.74) is 6.68. The number of anilines is 2. The number of nitrogens with one attached hydrogen (secondary N) is 1. The van der Waals surface area contributed by atoms with E-state index in [2.05, 4.69) is 106 Å². The molecule has 0 spiro atoms. The van der Waals surface area contributed by atoms with Gasteiger partial charge in [-0.05, 0) is 103 Å². The van der Waals surface area contributed by atoms with Crippen molar-refractivity contribution in [2.24, 2.45) is 5.92 Å². The van der Waals surface area contributed by atoms with Gasteiger partial charge in [-0.2, -0.15) is 8.42 Å². The number of rotatable bonds is 16. The Balaban J connectivity index is 0.00000126. The summed E-state index contributed by atoms with van der Waals surface area (Å²) in [4.78, 5) is 21.2. The van der Waals surface area contributed by atoms with Crippen LogP contribution in [0.3, 0.4) is 0 Å². The lowest BCUT2D eigenvalue weighted by Gasteiger charge is -2.35. The SMILES string of the molecule is CCCOCCOc1ccc(-c2ccc3c(c2)C=C(C(=O)Nc2ccc(S(=O)Cc4cncn4CCC)cc2)CCC(I)N3CC(C)C)cc1.CS(=O)(=O)O. The van der Waals surface area contributed by atoms with Crippen LogP contribution < -0.4 is 15.0 Å². The summed E-state index contributed by atoms with van der Waals surface area (Å²) in [6.45, 7) is 12.3. The fourth-order valence-electron chi connectivity index (χ4n) is 5.98. The number of imidazole rings is 1. The molecular formula is C41H53IN4O7S2. The van der Waals surface area contributed by atoms with Gasteiger partial charge in [0.1, 0.15) is 12.4 Å². The van der Waals surface area contributed by atoms with E-state index in [9.17, 15) is 17.4 Å². The van der Waals surface area contributed by atoms with Gasteiger partial charge in [-0.15, -0.1) is 0 Å². The van der Waals surface area contributed by atoms with Crippen molar-refractivity contribution in [3.05, 3.63) is 96.1 Å². The maximum absolute atomic E-state index is 13.8. The van der Waals surface area contributed by atoms with Crippen molar-refractivity contribution in [3.63, 3.8) is 0 Å². The highest BCUT2D eigenvalue weighted by atomic mass is 127. The first-order valence-corrected chi connectivity index (χ1v) is 22.9. The first-order chi connectivity index (χ1) is 26.2. The summed E-state index contributed by atoms with van der Waals surface area (Å²) in [7, 11) is -4.88. The molecule has 1 aliphatic heterocycles. The average Bonchev–Trinajstić information content (AvgIpc) is 3.57. The number of fused-ring (bicyclic) bond motifs is 1. The largest absolute Gasteiger partial charge is 0.491 e. The van der Waals surface area contributed by atoms with Crippen LogP contribution in [0.5, 0.6) is 5.75 Å². The number of ether oxygens (including phenoxy) is 2. The second-order valence-electron chi connectivity index (χ2n) is 13.7. The van der Waals surface area contributed by atoms with E-state index >= 15 is 0 Å². The van der Waals surface area contributed by atoms with Crippen LogP contribution in [0.4, 0.5) is 11.4 Å². The number of alkyl halides is 1. The van der Waals surface area contributed by atoms with Gasteiger partial charge in [-0.1, -0.05) is 68.5 Å². The number of aryl methyl sites for hydroxylation is 1. The van der Waals surface area contributed by atoms with E-state index in [1.165, 1.54) is 0 Å². The Morgan fingerprint density at radius 2 is 1.71 bits per heavy atom. The molecule has 2 heterocycles. The molecule has 0 saturated carbocycles. The molecule has 2 N–H and O–H groups in total. The van der Waals surface area contributed by atoms with Crippen LogP contribution in [-0.2, 0) is 42.7 Å². The first-order valence-electron chi connectivity index (χ1n) is 18.5. The topological polar surface area (TPSA) is 140 Å². The third kappa shape index (κ3) is 14.5. The summed E-state index contributed by atoms with van der Waals surface area (Å²) in [6.07, 6.45) is 9.84. The van der Waals surface area contributed by atoms with Crippen LogP contribution in [0.2, 0.25) is 0 Å². The van der Waals surface area contributed by atoms with Crippen LogP contribution in [0.1, 0.15) is 64.6 Å². The van der Waals surface area contributed by atoms with Crippen molar-refractivity contribution in [2.75, 3.05) is 42.8 Å². The summed E-state index contributed by atoms with van der Waals surface area (Å²) in [6, 6.07) is 22.0. The van der Waals surface area contributed by atoms with E-state index in [1.807, 2.05) is 36.4 Å². The molecule has 0 aliphatic carbocycles. The number of amides is 1. The monoisotopic (exact) mass is 904 g/mol. The zero-order valence-corrected chi connectivity index (χ0v) is 36.0. The number of carbonyl (C=O) groups is 1. The number of hydrogen-bond acceptors (Lipinski definition) is 8. The molecule has 55 heavy (non-hydrogen) atoms. The number of hydrogen-bond donors (Lipinski definition) is 2. The van der Waals surface area contributed by atoms with Crippen LogP contribution >= 0.6 is 22.6 Å². The van der Waals surface area contributed by atoms with Crippen LogP contribution in [0.25, 0.3) is 17.2 Å².